The van der Waals surface area contributed by atoms with Crippen LogP contribution in [0.3, 0.4) is 0 Å². The van der Waals surface area contributed by atoms with E-state index in [9.17, 15) is 5.11 Å². The standard InChI is InChI=1S/C10H20N2O/c1-8(2)12(7-5-6-11)9(3)10(4)13/h8-10,13H,5,7H2,1-4H3. The molecule has 0 bridgehead atoms. The van der Waals surface area contributed by atoms with Crippen LogP contribution in [-0.4, -0.2) is 34.7 Å². The highest BCUT2D eigenvalue weighted by atomic mass is 16.3. The summed E-state index contributed by atoms with van der Waals surface area (Å²) in [5, 5.41) is 17.9. The number of nitriles is 1. The molecule has 0 aliphatic rings. The van der Waals surface area contributed by atoms with E-state index in [1.165, 1.54) is 0 Å². The lowest BCUT2D eigenvalue weighted by atomic mass is 10.1. The molecule has 0 aromatic carbocycles. The molecule has 0 aliphatic heterocycles. The highest BCUT2D eigenvalue weighted by Crippen LogP contribution is 2.09. The molecule has 3 heteroatoms. The van der Waals surface area contributed by atoms with Gasteiger partial charge in [0.15, 0.2) is 0 Å². The molecule has 13 heavy (non-hydrogen) atoms. The molecule has 0 saturated carbocycles. The van der Waals surface area contributed by atoms with Gasteiger partial charge in [0.25, 0.3) is 0 Å². The molecule has 0 heterocycles. The van der Waals surface area contributed by atoms with Crippen LogP contribution >= 0.6 is 0 Å². The second-order valence-corrected chi connectivity index (χ2v) is 3.72. The Balaban J connectivity index is 4.17. The second-order valence-electron chi connectivity index (χ2n) is 3.72. The molecule has 0 aromatic heterocycles. The summed E-state index contributed by atoms with van der Waals surface area (Å²) < 4.78 is 0. The van der Waals surface area contributed by atoms with Gasteiger partial charge in [-0.15, -0.1) is 0 Å². The Labute approximate surface area is 81.0 Å². The molecule has 0 radical (unpaired) electrons. The van der Waals surface area contributed by atoms with E-state index in [0.29, 0.717) is 12.5 Å². The monoisotopic (exact) mass is 184 g/mol. The average Bonchev–Trinajstić information content (AvgIpc) is 2.04. The lowest BCUT2D eigenvalue weighted by Crippen LogP contribution is -2.44. The molecular weight excluding hydrogens is 164 g/mol. The Hall–Kier alpha value is -0.590. The first-order valence-corrected chi connectivity index (χ1v) is 4.81. The van der Waals surface area contributed by atoms with Gasteiger partial charge in [-0.1, -0.05) is 0 Å². The minimum atomic E-state index is -0.346. The Morgan fingerprint density at radius 1 is 1.31 bits per heavy atom. The zero-order valence-corrected chi connectivity index (χ0v) is 8.99. The third-order valence-corrected chi connectivity index (χ3v) is 2.37. The van der Waals surface area contributed by atoms with Gasteiger partial charge in [0.2, 0.25) is 0 Å². The van der Waals surface area contributed by atoms with Crippen LogP contribution in [0.15, 0.2) is 0 Å². The summed E-state index contributed by atoms with van der Waals surface area (Å²) in [6.07, 6.45) is 0.177. The summed E-state index contributed by atoms with van der Waals surface area (Å²) in [6, 6.07) is 2.62. The zero-order chi connectivity index (χ0) is 10.4. The second kappa shape index (κ2) is 5.95. The fraction of sp³-hybridized carbons (Fsp3) is 0.900. The van der Waals surface area contributed by atoms with Crippen molar-refractivity contribution in [2.75, 3.05) is 6.54 Å². The van der Waals surface area contributed by atoms with Gasteiger partial charge in [0, 0.05) is 25.0 Å². The van der Waals surface area contributed by atoms with E-state index in [-0.39, 0.29) is 12.1 Å². The van der Waals surface area contributed by atoms with Gasteiger partial charge in [-0.2, -0.15) is 5.26 Å². The van der Waals surface area contributed by atoms with Crippen molar-refractivity contribution in [2.24, 2.45) is 0 Å². The van der Waals surface area contributed by atoms with Crippen molar-refractivity contribution >= 4 is 0 Å². The van der Waals surface area contributed by atoms with Crippen molar-refractivity contribution in [3.05, 3.63) is 0 Å². The molecule has 76 valence electrons. The first-order valence-electron chi connectivity index (χ1n) is 4.81. The quantitative estimate of drug-likeness (QED) is 0.702. The van der Waals surface area contributed by atoms with Crippen molar-refractivity contribution in [1.82, 2.24) is 4.90 Å². The van der Waals surface area contributed by atoms with Crippen molar-refractivity contribution in [2.45, 2.75) is 52.3 Å². The summed E-state index contributed by atoms with van der Waals surface area (Å²) in [5.41, 5.74) is 0. The van der Waals surface area contributed by atoms with Crippen LogP contribution in [0.25, 0.3) is 0 Å². The predicted molar refractivity (Wildman–Crippen MR) is 53.2 cm³/mol. The van der Waals surface area contributed by atoms with E-state index in [1.807, 2.05) is 6.92 Å². The number of aliphatic hydroxyl groups excluding tert-OH is 1. The van der Waals surface area contributed by atoms with Gasteiger partial charge in [0.1, 0.15) is 0 Å². The Bertz CT molecular complexity index is 172. The highest BCUT2D eigenvalue weighted by Gasteiger charge is 2.20. The number of nitrogens with zero attached hydrogens (tertiary/aromatic N) is 2. The smallest absolute Gasteiger partial charge is 0.0664 e. The van der Waals surface area contributed by atoms with Crippen molar-refractivity contribution in [3.8, 4) is 6.07 Å². The third kappa shape index (κ3) is 4.25. The normalized spacial score (nSPS) is 15.8. The number of aliphatic hydroxyl groups is 1. The van der Waals surface area contributed by atoms with Gasteiger partial charge < -0.3 is 5.11 Å². The molecule has 0 rings (SSSR count). The fourth-order valence-corrected chi connectivity index (χ4v) is 1.39. The molecule has 0 aromatic rings. The van der Waals surface area contributed by atoms with Gasteiger partial charge in [-0.3, -0.25) is 4.90 Å². The van der Waals surface area contributed by atoms with E-state index in [4.69, 9.17) is 5.26 Å². The highest BCUT2D eigenvalue weighted by molar-refractivity contribution is 4.79. The molecule has 0 saturated heterocycles. The maximum absolute atomic E-state index is 9.41. The van der Waals surface area contributed by atoms with Crippen molar-refractivity contribution in [3.63, 3.8) is 0 Å². The Morgan fingerprint density at radius 3 is 2.15 bits per heavy atom. The van der Waals surface area contributed by atoms with Crippen molar-refractivity contribution < 1.29 is 5.11 Å². The SMILES string of the molecule is CC(O)C(C)N(CCC#N)C(C)C. The van der Waals surface area contributed by atoms with Crippen LogP contribution in [0.4, 0.5) is 0 Å². The number of rotatable bonds is 5. The van der Waals surface area contributed by atoms with Gasteiger partial charge >= 0.3 is 0 Å². The molecule has 0 fully saturated rings. The van der Waals surface area contributed by atoms with Crippen LogP contribution < -0.4 is 0 Å². The van der Waals surface area contributed by atoms with Gasteiger partial charge in [-0.05, 0) is 27.7 Å². The van der Waals surface area contributed by atoms with E-state index >= 15 is 0 Å². The lowest BCUT2D eigenvalue weighted by Gasteiger charge is -2.33. The minimum Gasteiger partial charge on any atom is -0.392 e. The molecule has 0 amide bonds. The maximum atomic E-state index is 9.41. The van der Waals surface area contributed by atoms with Crippen LogP contribution in [-0.2, 0) is 0 Å². The maximum Gasteiger partial charge on any atom is 0.0664 e. The fourth-order valence-electron chi connectivity index (χ4n) is 1.39. The Kier molecular flexibility index (Phi) is 5.68. The lowest BCUT2D eigenvalue weighted by molar-refractivity contribution is 0.0533. The molecular formula is C10H20N2O. The third-order valence-electron chi connectivity index (χ3n) is 2.37. The zero-order valence-electron chi connectivity index (χ0n) is 8.99. The van der Waals surface area contributed by atoms with Crippen LogP contribution in [0, 0.1) is 11.3 Å². The summed E-state index contributed by atoms with van der Waals surface area (Å²) in [4.78, 5) is 2.15. The topological polar surface area (TPSA) is 47.3 Å². The van der Waals surface area contributed by atoms with Gasteiger partial charge in [-0.25, -0.2) is 0 Å². The first kappa shape index (κ1) is 12.4. The van der Waals surface area contributed by atoms with Crippen LogP contribution in [0.1, 0.15) is 34.1 Å². The molecule has 3 nitrogen and oxygen atoms in total. The summed E-state index contributed by atoms with van der Waals surface area (Å²) in [7, 11) is 0. The summed E-state index contributed by atoms with van der Waals surface area (Å²) in [6.45, 7) is 8.67. The molecule has 2 atom stereocenters. The van der Waals surface area contributed by atoms with E-state index in [1.54, 1.807) is 6.92 Å². The molecule has 0 spiro atoms. The first-order chi connectivity index (χ1) is 6.00. The molecule has 0 aliphatic carbocycles. The summed E-state index contributed by atoms with van der Waals surface area (Å²) in [5.74, 6) is 0. The molecule has 1 N–H and O–H groups in total. The van der Waals surface area contributed by atoms with Crippen LogP contribution in [0.5, 0.6) is 0 Å². The number of hydrogen-bond donors (Lipinski definition) is 1. The Morgan fingerprint density at radius 2 is 1.85 bits per heavy atom. The van der Waals surface area contributed by atoms with E-state index in [0.717, 1.165) is 6.54 Å². The van der Waals surface area contributed by atoms with E-state index < -0.39 is 0 Å². The predicted octanol–water partition coefficient (Wildman–Crippen LogP) is 1.38. The minimum absolute atomic E-state index is 0.119. The molecule has 2 unspecified atom stereocenters. The number of hydrogen-bond acceptors (Lipinski definition) is 3. The van der Waals surface area contributed by atoms with Crippen molar-refractivity contribution in [1.29, 1.82) is 5.26 Å². The van der Waals surface area contributed by atoms with E-state index in [2.05, 4.69) is 24.8 Å². The average molecular weight is 184 g/mol. The van der Waals surface area contributed by atoms with Gasteiger partial charge in [0.05, 0.1) is 12.2 Å². The summed E-state index contributed by atoms with van der Waals surface area (Å²) >= 11 is 0. The van der Waals surface area contributed by atoms with Crippen LogP contribution in [0.2, 0.25) is 0 Å². The largest absolute Gasteiger partial charge is 0.392 e.